The Hall–Kier alpha value is -1.29. The fourth-order valence-electron chi connectivity index (χ4n) is 3.33. The van der Waals surface area contributed by atoms with Gasteiger partial charge in [0.2, 0.25) is 0 Å². The lowest BCUT2D eigenvalue weighted by molar-refractivity contribution is 0.0706. The second-order valence-electron chi connectivity index (χ2n) is 6.10. The Morgan fingerprint density at radius 3 is 2.35 bits per heavy atom. The van der Waals surface area contributed by atoms with Gasteiger partial charge in [-0.3, -0.25) is 4.79 Å². The topological polar surface area (TPSA) is 37.3 Å². The summed E-state index contributed by atoms with van der Waals surface area (Å²) in [5, 5.41) is 3.30. The molecular formula is C16H27N3O. The number of rotatable bonds is 3. The van der Waals surface area contributed by atoms with E-state index >= 15 is 0 Å². The van der Waals surface area contributed by atoms with Gasteiger partial charge < -0.3 is 14.8 Å². The van der Waals surface area contributed by atoms with Crippen LogP contribution in [0.25, 0.3) is 0 Å². The predicted molar refractivity (Wildman–Crippen MR) is 82.3 cm³/mol. The van der Waals surface area contributed by atoms with Crippen LogP contribution in [-0.4, -0.2) is 41.6 Å². The van der Waals surface area contributed by atoms with E-state index in [1.807, 2.05) is 18.0 Å². The van der Waals surface area contributed by atoms with E-state index in [0.29, 0.717) is 12.1 Å². The van der Waals surface area contributed by atoms with Gasteiger partial charge in [-0.15, -0.1) is 0 Å². The number of aromatic nitrogens is 1. The number of hydrogen-bond acceptors (Lipinski definition) is 2. The summed E-state index contributed by atoms with van der Waals surface area (Å²) in [5.41, 5.74) is 3.14. The van der Waals surface area contributed by atoms with Gasteiger partial charge in [-0.05, 0) is 53.7 Å². The lowest BCUT2D eigenvalue weighted by Gasteiger charge is -2.31. The Balaban J connectivity index is 2.16. The van der Waals surface area contributed by atoms with Crippen molar-refractivity contribution in [1.29, 1.82) is 0 Å². The summed E-state index contributed by atoms with van der Waals surface area (Å²) in [6.07, 6.45) is 2.09. The molecule has 0 radical (unpaired) electrons. The van der Waals surface area contributed by atoms with Crippen molar-refractivity contribution >= 4 is 5.91 Å². The van der Waals surface area contributed by atoms with Crippen LogP contribution in [0.3, 0.4) is 0 Å². The Morgan fingerprint density at radius 1 is 1.30 bits per heavy atom. The molecule has 4 heteroatoms. The van der Waals surface area contributed by atoms with Crippen LogP contribution in [0.5, 0.6) is 0 Å². The molecule has 20 heavy (non-hydrogen) atoms. The standard InChI is InChI=1S/C16H27N3O/c1-11(2)19-12(3)10-15(13(19)4)16(20)18-8-6-14(17-5)7-9-18/h10-11,14,17H,6-9H2,1-5H3. The molecule has 1 N–H and O–H groups in total. The van der Waals surface area contributed by atoms with Crippen LogP contribution < -0.4 is 5.32 Å². The SMILES string of the molecule is CNC1CCN(C(=O)c2cc(C)n(C(C)C)c2C)CC1. The average Bonchev–Trinajstić information content (AvgIpc) is 2.73. The van der Waals surface area contributed by atoms with E-state index in [2.05, 4.69) is 37.6 Å². The van der Waals surface area contributed by atoms with Crippen molar-refractivity contribution in [3.8, 4) is 0 Å². The molecule has 4 nitrogen and oxygen atoms in total. The zero-order valence-electron chi connectivity index (χ0n) is 13.4. The number of nitrogens with zero attached hydrogens (tertiary/aromatic N) is 2. The van der Waals surface area contributed by atoms with E-state index in [9.17, 15) is 4.79 Å². The molecule has 2 rings (SSSR count). The van der Waals surface area contributed by atoms with Crippen molar-refractivity contribution in [2.24, 2.45) is 0 Å². The zero-order chi connectivity index (χ0) is 14.9. The van der Waals surface area contributed by atoms with E-state index in [0.717, 1.165) is 37.2 Å². The molecule has 0 bridgehead atoms. The molecule has 0 unspecified atom stereocenters. The van der Waals surface area contributed by atoms with E-state index in [4.69, 9.17) is 0 Å². The maximum atomic E-state index is 12.7. The smallest absolute Gasteiger partial charge is 0.255 e. The Kier molecular flexibility index (Phi) is 4.53. The highest BCUT2D eigenvalue weighted by molar-refractivity contribution is 5.95. The van der Waals surface area contributed by atoms with Crippen LogP contribution in [-0.2, 0) is 0 Å². The lowest BCUT2D eigenvalue weighted by Crippen LogP contribution is -2.44. The second kappa shape index (κ2) is 6.00. The number of hydrogen-bond donors (Lipinski definition) is 1. The summed E-state index contributed by atoms with van der Waals surface area (Å²) in [4.78, 5) is 14.7. The molecule has 1 fully saturated rings. The van der Waals surface area contributed by atoms with Gasteiger partial charge in [0.25, 0.3) is 5.91 Å². The summed E-state index contributed by atoms with van der Waals surface area (Å²) < 4.78 is 2.24. The molecule has 1 aromatic heterocycles. The van der Waals surface area contributed by atoms with E-state index in [1.165, 1.54) is 5.69 Å². The number of amides is 1. The molecule has 1 aromatic rings. The molecule has 112 valence electrons. The number of piperidine rings is 1. The summed E-state index contributed by atoms with van der Waals surface area (Å²) in [5.74, 6) is 0.194. The monoisotopic (exact) mass is 277 g/mol. The predicted octanol–water partition coefficient (Wildman–Crippen LogP) is 2.51. The van der Waals surface area contributed by atoms with Crippen molar-refractivity contribution in [3.63, 3.8) is 0 Å². The number of carbonyl (C=O) groups excluding carboxylic acids is 1. The van der Waals surface area contributed by atoms with Crippen molar-refractivity contribution in [3.05, 3.63) is 23.0 Å². The van der Waals surface area contributed by atoms with E-state index < -0.39 is 0 Å². The minimum atomic E-state index is 0.194. The third kappa shape index (κ3) is 2.75. The molecule has 1 aliphatic rings. The van der Waals surface area contributed by atoms with Gasteiger partial charge in [0.05, 0.1) is 5.56 Å². The first-order chi connectivity index (χ1) is 9.45. The maximum absolute atomic E-state index is 12.7. The quantitative estimate of drug-likeness (QED) is 0.922. The summed E-state index contributed by atoms with van der Waals surface area (Å²) in [6.45, 7) is 10.2. The molecule has 0 aliphatic carbocycles. The fourth-order valence-corrected chi connectivity index (χ4v) is 3.33. The number of aryl methyl sites for hydroxylation is 1. The average molecular weight is 277 g/mol. The zero-order valence-corrected chi connectivity index (χ0v) is 13.4. The van der Waals surface area contributed by atoms with Gasteiger partial charge in [0.15, 0.2) is 0 Å². The first-order valence-corrected chi connectivity index (χ1v) is 7.60. The van der Waals surface area contributed by atoms with E-state index in [1.54, 1.807) is 0 Å². The molecule has 0 saturated carbocycles. The number of carbonyl (C=O) groups is 1. The highest BCUT2D eigenvalue weighted by atomic mass is 16.2. The minimum Gasteiger partial charge on any atom is -0.346 e. The van der Waals surface area contributed by atoms with Gasteiger partial charge in [0, 0.05) is 36.6 Å². The second-order valence-corrected chi connectivity index (χ2v) is 6.10. The molecular weight excluding hydrogens is 250 g/mol. The Morgan fingerprint density at radius 2 is 1.90 bits per heavy atom. The minimum absolute atomic E-state index is 0.194. The number of nitrogens with one attached hydrogen (secondary N) is 1. The largest absolute Gasteiger partial charge is 0.346 e. The molecule has 0 aromatic carbocycles. The van der Waals surface area contributed by atoms with Crippen LogP contribution in [0.1, 0.15) is 54.5 Å². The van der Waals surface area contributed by atoms with Gasteiger partial charge in [-0.2, -0.15) is 0 Å². The molecule has 0 atom stereocenters. The van der Waals surface area contributed by atoms with Crippen LogP contribution >= 0.6 is 0 Å². The highest BCUT2D eigenvalue weighted by Crippen LogP contribution is 2.22. The maximum Gasteiger partial charge on any atom is 0.255 e. The summed E-state index contributed by atoms with van der Waals surface area (Å²) in [6, 6.07) is 3.00. The van der Waals surface area contributed by atoms with Crippen molar-refractivity contribution in [1.82, 2.24) is 14.8 Å². The Bertz CT molecular complexity index is 482. The lowest BCUT2D eigenvalue weighted by atomic mass is 10.0. The van der Waals surface area contributed by atoms with Crippen molar-refractivity contribution < 1.29 is 4.79 Å². The highest BCUT2D eigenvalue weighted by Gasteiger charge is 2.25. The first-order valence-electron chi connectivity index (χ1n) is 7.60. The van der Waals surface area contributed by atoms with Crippen LogP contribution in [0, 0.1) is 13.8 Å². The molecule has 1 saturated heterocycles. The summed E-state index contributed by atoms with van der Waals surface area (Å²) in [7, 11) is 2.00. The van der Waals surface area contributed by atoms with Crippen molar-refractivity contribution in [2.45, 2.75) is 52.6 Å². The summed E-state index contributed by atoms with van der Waals surface area (Å²) >= 11 is 0. The van der Waals surface area contributed by atoms with Gasteiger partial charge >= 0.3 is 0 Å². The molecule has 1 aliphatic heterocycles. The molecule has 2 heterocycles. The van der Waals surface area contributed by atoms with Crippen molar-refractivity contribution in [2.75, 3.05) is 20.1 Å². The third-order valence-electron chi connectivity index (χ3n) is 4.42. The van der Waals surface area contributed by atoms with E-state index in [-0.39, 0.29) is 5.91 Å². The Labute approximate surface area is 122 Å². The van der Waals surface area contributed by atoms with Crippen LogP contribution in [0.15, 0.2) is 6.07 Å². The molecule has 1 amide bonds. The van der Waals surface area contributed by atoms with Gasteiger partial charge in [0.1, 0.15) is 0 Å². The van der Waals surface area contributed by atoms with Gasteiger partial charge in [-0.1, -0.05) is 0 Å². The first kappa shape index (κ1) is 15.1. The normalized spacial score (nSPS) is 17.0. The van der Waals surface area contributed by atoms with Crippen LogP contribution in [0.4, 0.5) is 0 Å². The molecule has 0 spiro atoms. The van der Waals surface area contributed by atoms with Crippen LogP contribution in [0.2, 0.25) is 0 Å². The third-order valence-corrected chi connectivity index (χ3v) is 4.42. The number of likely N-dealkylation sites (tertiary alicyclic amines) is 1. The fraction of sp³-hybridized carbons (Fsp3) is 0.688. The van der Waals surface area contributed by atoms with Gasteiger partial charge in [-0.25, -0.2) is 0 Å².